The Labute approximate surface area is 125 Å². The molecule has 2 aromatic rings. The van der Waals surface area contributed by atoms with Crippen LogP contribution in [-0.4, -0.2) is 10.9 Å². The minimum absolute atomic E-state index is 0.211. The van der Waals surface area contributed by atoms with Gasteiger partial charge in [0.2, 0.25) is 0 Å². The Morgan fingerprint density at radius 2 is 1.95 bits per heavy atom. The summed E-state index contributed by atoms with van der Waals surface area (Å²) in [5, 5.41) is 2.05. The molecule has 0 radical (unpaired) electrons. The van der Waals surface area contributed by atoms with Crippen molar-refractivity contribution in [3.8, 4) is 0 Å². The van der Waals surface area contributed by atoms with Crippen LogP contribution in [0.15, 0.2) is 41.1 Å². The number of hydrogen-bond donors (Lipinski definition) is 1. The zero-order chi connectivity index (χ0) is 15.6. The second-order valence-electron chi connectivity index (χ2n) is 4.00. The number of nitrogens with one attached hydrogen (secondary N) is 1. The van der Waals surface area contributed by atoms with Crippen LogP contribution >= 0.6 is 15.9 Å². The Kier molecular flexibility index (Phi) is 4.26. The average Bonchev–Trinajstić information content (AvgIpc) is 2.40. The molecule has 0 aliphatic heterocycles. The van der Waals surface area contributed by atoms with Crippen molar-refractivity contribution in [3.63, 3.8) is 0 Å². The number of aromatic nitrogens is 1. The Morgan fingerprint density at radius 3 is 2.57 bits per heavy atom. The summed E-state index contributed by atoms with van der Waals surface area (Å²) in [4.78, 5) is 15.3. The maximum Gasteiger partial charge on any atom is 0.418 e. The van der Waals surface area contributed by atoms with Crippen LogP contribution in [0.2, 0.25) is 0 Å². The van der Waals surface area contributed by atoms with Gasteiger partial charge in [0.05, 0.1) is 23.0 Å². The van der Waals surface area contributed by atoms with Crippen molar-refractivity contribution in [1.82, 2.24) is 4.98 Å². The smallest absolute Gasteiger partial charge is 0.321 e. The number of benzene rings is 1. The highest BCUT2D eigenvalue weighted by molar-refractivity contribution is 9.10. The van der Waals surface area contributed by atoms with Crippen LogP contribution < -0.4 is 5.32 Å². The Balaban J connectivity index is 2.36. The molecular formula is C13H7BrF4N2O. The lowest BCUT2D eigenvalue weighted by Crippen LogP contribution is -2.17. The fourth-order valence-electron chi connectivity index (χ4n) is 1.61. The number of carbonyl (C=O) groups is 1. The highest BCUT2D eigenvalue weighted by Gasteiger charge is 2.34. The van der Waals surface area contributed by atoms with E-state index in [4.69, 9.17) is 0 Å². The van der Waals surface area contributed by atoms with Crippen molar-refractivity contribution < 1.29 is 22.4 Å². The minimum atomic E-state index is -4.65. The van der Waals surface area contributed by atoms with E-state index in [-0.39, 0.29) is 10.0 Å². The third-order valence-electron chi connectivity index (χ3n) is 2.55. The molecule has 8 heteroatoms. The molecule has 0 atom stereocenters. The van der Waals surface area contributed by atoms with Crippen LogP contribution in [0.4, 0.5) is 23.2 Å². The van der Waals surface area contributed by atoms with E-state index in [9.17, 15) is 22.4 Å². The molecule has 2 rings (SSSR count). The molecule has 0 fully saturated rings. The fraction of sp³-hybridized carbons (Fsp3) is 0.0769. The summed E-state index contributed by atoms with van der Waals surface area (Å²) in [6.07, 6.45) is -2.67. The van der Waals surface area contributed by atoms with Crippen LogP contribution in [0.5, 0.6) is 0 Å². The van der Waals surface area contributed by atoms with Crippen molar-refractivity contribution in [2.45, 2.75) is 6.18 Å². The summed E-state index contributed by atoms with van der Waals surface area (Å²) in [5.41, 5.74) is -1.87. The van der Waals surface area contributed by atoms with Crippen molar-refractivity contribution in [1.29, 1.82) is 0 Å². The zero-order valence-electron chi connectivity index (χ0n) is 10.2. The van der Waals surface area contributed by atoms with Crippen molar-refractivity contribution in [2.24, 2.45) is 0 Å². The van der Waals surface area contributed by atoms with Crippen LogP contribution in [0.1, 0.15) is 15.9 Å². The first-order valence-electron chi connectivity index (χ1n) is 5.56. The summed E-state index contributed by atoms with van der Waals surface area (Å²) in [7, 11) is 0. The van der Waals surface area contributed by atoms with E-state index >= 15 is 0 Å². The normalized spacial score (nSPS) is 11.3. The molecule has 0 spiro atoms. The van der Waals surface area contributed by atoms with Crippen molar-refractivity contribution in [3.05, 3.63) is 58.1 Å². The second-order valence-corrected chi connectivity index (χ2v) is 4.91. The number of alkyl halides is 3. The van der Waals surface area contributed by atoms with Gasteiger partial charge in [-0.15, -0.1) is 0 Å². The lowest BCUT2D eigenvalue weighted by Gasteiger charge is -2.14. The van der Waals surface area contributed by atoms with E-state index in [1.807, 2.05) is 0 Å². The van der Waals surface area contributed by atoms with Gasteiger partial charge in [-0.3, -0.25) is 9.78 Å². The van der Waals surface area contributed by atoms with Crippen LogP contribution in [0.3, 0.4) is 0 Å². The molecule has 0 unspecified atom stereocenters. The lowest BCUT2D eigenvalue weighted by molar-refractivity contribution is -0.136. The van der Waals surface area contributed by atoms with Crippen molar-refractivity contribution in [2.75, 3.05) is 5.32 Å². The summed E-state index contributed by atoms with van der Waals surface area (Å²) < 4.78 is 52.3. The number of rotatable bonds is 2. The predicted octanol–water partition coefficient (Wildman–Crippen LogP) is 4.25. The van der Waals surface area contributed by atoms with Gasteiger partial charge in [-0.05, 0) is 24.3 Å². The maximum absolute atomic E-state index is 13.4. The number of anilines is 1. The molecule has 1 aromatic heterocycles. The van der Waals surface area contributed by atoms with Gasteiger partial charge in [0.15, 0.2) is 5.82 Å². The van der Waals surface area contributed by atoms with E-state index in [0.717, 1.165) is 24.4 Å². The third-order valence-corrected chi connectivity index (χ3v) is 3.05. The van der Waals surface area contributed by atoms with Gasteiger partial charge < -0.3 is 5.32 Å². The van der Waals surface area contributed by atoms with Gasteiger partial charge in [-0.25, -0.2) is 4.39 Å². The molecule has 0 saturated heterocycles. The molecule has 0 bridgehead atoms. The molecule has 0 aliphatic carbocycles. The summed E-state index contributed by atoms with van der Waals surface area (Å²) in [6.45, 7) is 0. The highest BCUT2D eigenvalue weighted by Crippen LogP contribution is 2.36. The first-order chi connectivity index (χ1) is 9.79. The van der Waals surface area contributed by atoms with Gasteiger partial charge >= 0.3 is 6.18 Å². The number of pyridine rings is 1. The number of hydrogen-bond acceptors (Lipinski definition) is 2. The number of carbonyl (C=O) groups excluding carboxylic acids is 1. The second kappa shape index (κ2) is 5.80. The number of halogens is 5. The van der Waals surface area contributed by atoms with Gasteiger partial charge in [-0.1, -0.05) is 15.9 Å². The summed E-state index contributed by atoms with van der Waals surface area (Å²) in [5.74, 6) is -1.90. The van der Waals surface area contributed by atoms with E-state index in [2.05, 4.69) is 26.2 Å². The first-order valence-corrected chi connectivity index (χ1v) is 6.36. The average molecular weight is 363 g/mol. The Hall–Kier alpha value is -1.96. The number of amides is 1. The molecule has 110 valence electrons. The monoisotopic (exact) mass is 362 g/mol. The Morgan fingerprint density at radius 1 is 1.24 bits per heavy atom. The standard InChI is InChI=1S/C13H7BrF4N2O/c14-7-1-2-11(9(5-7)13(16,17)18)20-12(21)8-3-4-19-6-10(8)15/h1-6H,(H,20,21). The first kappa shape index (κ1) is 15.4. The van der Waals surface area contributed by atoms with E-state index in [0.29, 0.717) is 0 Å². The SMILES string of the molecule is O=C(Nc1ccc(Br)cc1C(F)(F)F)c1ccncc1F. The van der Waals surface area contributed by atoms with E-state index in [1.54, 1.807) is 0 Å². The predicted molar refractivity (Wildman–Crippen MR) is 71.3 cm³/mol. The fourth-order valence-corrected chi connectivity index (χ4v) is 1.97. The highest BCUT2D eigenvalue weighted by atomic mass is 79.9. The van der Waals surface area contributed by atoms with E-state index in [1.165, 1.54) is 12.3 Å². The molecule has 0 saturated carbocycles. The summed E-state index contributed by atoms with van der Waals surface area (Å²) >= 11 is 2.93. The molecule has 21 heavy (non-hydrogen) atoms. The number of nitrogens with zero attached hydrogens (tertiary/aromatic N) is 1. The summed E-state index contributed by atoms with van der Waals surface area (Å²) in [6, 6.07) is 4.34. The molecule has 3 nitrogen and oxygen atoms in total. The minimum Gasteiger partial charge on any atom is -0.321 e. The Bertz CT molecular complexity index is 688. The molecule has 0 aliphatic rings. The largest absolute Gasteiger partial charge is 0.418 e. The van der Waals surface area contributed by atoms with E-state index < -0.39 is 29.2 Å². The van der Waals surface area contributed by atoms with Gasteiger partial charge in [0.1, 0.15) is 0 Å². The molecule has 1 amide bonds. The third kappa shape index (κ3) is 3.57. The lowest BCUT2D eigenvalue weighted by atomic mass is 10.1. The molecule has 1 aromatic carbocycles. The van der Waals surface area contributed by atoms with Crippen LogP contribution in [-0.2, 0) is 6.18 Å². The topological polar surface area (TPSA) is 42.0 Å². The van der Waals surface area contributed by atoms with Crippen LogP contribution in [0.25, 0.3) is 0 Å². The molecular weight excluding hydrogens is 356 g/mol. The van der Waals surface area contributed by atoms with Gasteiger partial charge in [0, 0.05) is 10.7 Å². The van der Waals surface area contributed by atoms with Crippen molar-refractivity contribution >= 4 is 27.5 Å². The maximum atomic E-state index is 13.4. The van der Waals surface area contributed by atoms with Crippen LogP contribution in [0, 0.1) is 5.82 Å². The van der Waals surface area contributed by atoms with Gasteiger partial charge in [-0.2, -0.15) is 13.2 Å². The zero-order valence-corrected chi connectivity index (χ0v) is 11.8. The molecule has 1 heterocycles. The van der Waals surface area contributed by atoms with Gasteiger partial charge in [0.25, 0.3) is 5.91 Å². The molecule has 1 N–H and O–H groups in total. The quantitative estimate of drug-likeness (QED) is 0.811.